The van der Waals surface area contributed by atoms with Crippen LogP contribution in [0.15, 0.2) is 48.5 Å². The van der Waals surface area contributed by atoms with Gasteiger partial charge in [-0.25, -0.2) is 0 Å². The van der Waals surface area contributed by atoms with E-state index in [9.17, 15) is 0 Å². The zero-order valence-corrected chi connectivity index (χ0v) is 13.1. The van der Waals surface area contributed by atoms with E-state index in [1.807, 2.05) is 30.0 Å². The summed E-state index contributed by atoms with van der Waals surface area (Å²) >= 11 is 1.98. The normalized spacial score (nSPS) is 10.5. The van der Waals surface area contributed by atoms with Gasteiger partial charge in [0.25, 0.3) is 0 Å². The van der Waals surface area contributed by atoms with Crippen molar-refractivity contribution in [3.05, 3.63) is 65.2 Å². The van der Waals surface area contributed by atoms with Gasteiger partial charge >= 0.3 is 0 Å². The quantitative estimate of drug-likeness (QED) is 0.646. The number of aryl methyl sites for hydroxylation is 1. The zero-order valence-electron chi connectivity index (χ0n) is 12.3. The first-order valence-electron chi connectivity index (χ1n) is 7.13. The molecule has 0 atom stereocenters. The van der Waals surface area contributed by atoms with Gasteiger partial charge in [-0.15, -0.1) is 0 Å². The molecule has 0 aromatic heterocycles. The Bertz CT molecular complexity index is 522. The SMILES string of the molecule is CCCSCc1ccc(C)c(OCc2ccccc2)c1. The van der Waals surface area contributed by atoms with Crippen LogP contribution in [0.2, 0.25) is 0 Å². The van der Waals surface area contributed by atoms with Crippen LogP contribution in [-0.4, -0.2) is 5.75 Å². The fraction of sp³-hybridized carbons (Fsp3) is 0.333. The lowest BCUT2D eigenvalue weighted by molar-refractivity contribution is 0.304. The highest BCUT2D eigenvalue weighted by molar-refractivity contribution is 7.98. The molecule has 0 heterocycles. The average molecular weight is 286 g/mol. The molecule has 106 valence electrons. The second-order valence-corrected chi connectivity index (χ2v) is 6.03. The molecule has 0 unspecified atom stereocenters. The molecule has 2 heteroatoms. The van der Waals surface area contributed by atoms with Crippen molar-refractivity contribution in [2.24, 2.45) is 0 Å². The van der Waals surface area contributed by atoms with Gasteiger partial charge in [-0.3, -0.25) is 0 Å². The third-order valence-corrected chi connectivity index (χ3v) is 4.34. The molecule has 0 aliphatic heterocycles. The van der Waals surface area contributed by atoms with Crippen molar-refractivity contribution in [1.82, 2.24) is 0 Å². The maximum atomic E-state index is 5.96. The maximum absolute atomic E-state index is 5.96. The molecule has 0 saturated carbocycles. The average Bonchev–Trinajstić information content (AvgIpc) is 2.49. The van der Waals surface area contributed by atoms with E-state index in [1.165, 1.54) is 28.9 Å². The van der Waals surface area contributed by atoms with Crippen molar-refractivity contribution in [2.75, 3.05) is 5.75 Å². The van der Waals surface area contributed by atoms with E-state index < -0.39 is 0 Å². The summed E-state index contributed by atoms with van der Waals surface area (Å²) in [5.41, 5.74) is 3.75. The van der Waals surface area contributed by atoms with Crippen LogP contribution >= 0.6 is 11.8 Å². The second-order valence-electron chi connectivity index (χ2n) is 4.93. The van der Waals surface area contributed by atoms with Gasteiger partial charge in [-0.05, 0) is 41.9 Å². The molecule has 0 N–H and O–H groups in total. The molecule has 0 amide bonds. The van der Waals surface area contributed by atoms with Gasteiger partial charge in [-0.2, -0.15) is 11.8 Å². The Labute approximate surface area is 126 Å². The molecule has 0 aliphatic carbocycles. The molecule has 0 spiro atoms. The van der Waals surface area contributed by atoms with Gasteiger partial charge < -0.3 is 4.74 Å². The van der Waals surface area contributed by atoms with Crippen LogP contribution in [0.5, 0.6) is 5.75 Å². The Morgan fingerprint density at radius 1 is 1.00 bits per heavy atom. The first-order valence-corrected chi connectivity index (χ1v) is 8.29. The van der Waals surface area contributed by atoms with Crippen molar-refractivity contribution in [2.45, 2.75) is 32.6 Å². The molecule has 0 radical (unpaired) electrons. The minimum atomic E-state index is 0.632. The molecule has 0 bridgehead atoms. The third-order valence-electron chi connectivity index (χ3n) is 3.11. The molecule has 2 rings (SSSR count). The van der Waals surface area contributed by atoms with Crippen LogP contribution in [0.4, 0.5) is 0 Å². The Morgan fingerprint density at radius 2 is 1.80 bits per heavy atom. The summed E-state index contributed by atoms with van der Waals surface area (Å²) in [4.78, 5) is 0. The van der Waals surface area contributed by atoms with Crippen molar-refractivity contribution < 1.29 is 4.74 Å². The summed E-state index contributed by atoms with van der Waals surface area (Å²) in [6.07, 6.45) is 1.23. The predicted molar refractivity (Wildman–Crippen MR) is 88.4 cm³/mol. The highest BCUT2D eigenvalue weighted by Crippen LogP contribution is 2.23. The van der Waals surface area contributed by atoms with Gasteiger partial charge in [0.2, 0.25) is 0 Å². The number of ether oxygens (including phenoxy) is 1. The van der Waals surface area contributed by atoms with Crippen molar-refractivity contribution in [3.63, 3.8) is 0 Å². The van der Waals surface area contributed by atoms with Gasteiger partial charge in [0.05, 0.1) is 0 Å². The highest BCUT2D eigenvalue weighted by Gasteiger charge is 2.03. The number of hydrogen-bond acceptors (Lipinski definition) is 2. The zero-order chi connectivity index (χ0) is 14.2. The van der Waals surface area contributed by atoms with Crippen LogP contribution in [0, 0.1) is 6.92 Å². The standard InChI is InChI=1S/C18H22OS/c1-3-11-20-14-17-10-9-15(2)18(12-17)19-13-16-7-5-4-6-8-16/h4-10,12H,3,11,13-14H2,1-2H3. The lowest BCUT2D eigenvalue weighted by Gasteiger charge is -2.11. The largest absolute Gasteiger partial charge is 0.489 e. The van der Waals surface area contributed by atoms with E-state index in [4.69, 9.17) is 4.74 Å². The summed E-state index contributed by atoms with van der Waals surface area (Å²) in [5, 5.41) is 0. The summed E-state index contributed by atoms with van der Waals surface area (Å²) < 4.78 is 5.96. The predicted octanol–water partition coefficient (Wildman–Crippen LogP) is 5.22. The molecule has 20 heavy (non-hydrogen) atoms. The van der Waals surface area contributed by atoms with Crippen molar-refractivity contribution >= 4 is 11.8 Å². The number of thioether (sulfide) groups is 1. The van der Waals surface area contributed by atoms with Crippen molar-refractivity contribution in [1.29, 1.82) is 0 Å². The molecule has 2 aromatic rings. The Morgan fingerprint density at radius 3 is 2.55 bits per heavy atom. The van der Waals surface area contributed by atoms with Crippen LogP contribution in [0.25, 0.3) is 0 Å². The Balaban J connectivity index is 1.97. The Hall–Kier alpha value is -1.41. The van der Waals surface area contributed by atoms with E-state index in [0.29, 0.717) is 6.61 Å². The number of hydrogen-bond donors (Lipinski definition) is 0. The highest BCUT2D eigenvalue weighted by atomic mass is 32.2. The van der Waals surface area contributed by atoms with Crippen LogP contribution in [0.3, 0.4) is 0 Å². The minimum Gasteiger partial charge on any atom is -0.489 e. The maximum Gasteiger partial charge on any atom is 0.123 e. The van der Waals surface area contributed by atoms with E-state index in [-0.39, 0.29) is 0 Å². The lowest BCUT2D eigenvalue weighted by atomic mass is 10.1. The molecule has 0 aliphatic rings. The van der Waals surface area contributed by atoms with Gasteiger partial charge in [-0.1, -0.05) is 49.4 Å². The van der Waals surface area contributed by atoms with Gasteiger partial charge in [0.15, 0.2) is 0 Å². The summed E-state index contributed by atoms with van der Waals surface area (Å²) in [5.74, 6) is 3.28. The first-order chi connectivity index (χ1) is 9.79. The minimum absolute atomic E-state index is 0.632. The third kappa shape index (κ3) is 4.61. The summed E-state index contributed by atoms with van der Waals surface area (Å²) in [6, 6.07) is 16.8. The van der Waals surface area contributed by atoms with Gasteiger partial charge in [0.1, 0.15) is 12.4 Å². The number of rotatable bonds is 7. The van der Waals surface area contributed by atoms with E-state index in [0.717, 1.165) is 11.5 Å². The molecule has 0 fully saturated rings. The molecular formula is C18H22OS. The second kappa shape index (κ2) is 8.01. The summed E-state index contributed by atoms with van der Waals surface area (Å²) in [7, 11) is 0. The van der Waals surface area contributed by atoms with E-state index >= 15 is 0 Å². The fourth-order valence-corrected chi connectivity index (χ4v) is 2.81. The fourth-order valence-electron chi connectivity index (χ4n) is 1.96. The summed E-state index contributed by atoms with van der Waals surface area (Å²) in [6.45, 7) is 4.95. The van der Waals surface area contributed by atoms with Crippen LogP contribution in [-0.2, 0) is 12.4 Å². The van der Waals surface area contributed by atoms with Crippen molar-refractivity contribution in [3.8, 4) is 5.75 Å². The lowest BCUT2D eigenvalue weighted by Crippen LogP contribution is -1.97. The van der Waals surface area contributed by atoms with E-state index in [2.05, 4.69) is 44.2 Å². The van der Waals surface area contributed by atoms with Crippen LogP contribution < -0.4 is 4.74 Å². The van der Waals surface area contributed by atoms with Crippen LogP contribution in [0.1, 0.15) is 30.0 Å². The first kappa shape index (κ1) is 15.0. The Kier molecular flexibility index (Phi) is 6.00. The topological polar surface area (TPSA) is 9.23 Å². The smallest absolute Gasteiger partial charge is 0.123 e. The number of benzene rings is 2. The molecule has 1 nitrogen and oxygen atoms in total. The van der Waals surface area contributed by atoms with E-state index in [1.54, 1.807) is 0 Å². The molecule has 0 saturated heterocycles. The monoisotopic (exact) mass is 286 g/mol. The van der Waals surface area contributed by atoms with Gasteiger partial charge in [0, 0.05) is 5.75 Å². The molecule has 2 aromatic carbocycles. The molecular weight excluding hydrogens is 264 g/mol.